The van der Waals surface area contributed by atoms with Crippen LogP contribution < -0.4 is 11.2 Å². The van der Waals surface area contributed by atoms with Crippen LogP contribution in [-0.4, -0.2) is 19.1 Å². The van der Waals surface area contributed by atoms with Crippen molar-refractivity contribution in [1.82, 2.24) is 19.1 Å². The molecule has 1 aliphatic rings. The number of fused-ring (bicyclic) bond motifs is 1. The zero-order chi connectivity index (χ0) is 15.0. The van der Waals surface area contributed by atoms with E-state index < -0.39 is 5.69 Å². The molecule has 6 nitrogen and oxygen atoms in total. The number of rotatable bonds is 2. The number of H-pyrrole nitrogens is 1. The molecule has 2 aromatic rings. The smallest absolute Gasteiger partial charge is 0.322 e. The molecule has 1 saturated carbocycles. The van der Waals surface area contributed by atoms with Crippen LogP contribution >= 0.6 is 0 Å². The Morgan fingerprint density at radius 2 is 1.86 bits per heavy atom. The molecule has 0 saturated heterocycles. The highest BCUT2D eigenvalue weighted by Crippen LogP contribution is 2.25. The lowest BCUT2D eigenvalue weighted by atomic mass is 9.89. The third-order valence-electron chi connectivity index (χ3n) is 4.34. The number of aromatic nitrogens is 4. The summed E-state index contributed by atoms with van der Waals surface area (Å²) in [6.45, 7) is 0. The van der Waals surface area contributed by atoms with E-state index in [9.17, 15) is 9.59 Å². The minimum atomic E-state index is -0.437. The molecule has 1 fully saturated rings. The van der Waals surface area contributed by atoms with E-state index in [0.29, 0.717) is 22.9 Å². The van der Waals surface area contributed by atoms with Crippen LogP contribution in [0.1, 0.15) is 37.9 Å². The average Bonchev–Trinajstić information content (AvgIpc) is 2.81. The third-order valence-corrected chi connectivity index (χ3v) is 4.34. The van der Waals surface area contributed by atoms with Crippen LogP contribution in [0.25, 0.3) is 17.2 Å². The van der Waals surface area contributed by atoms with E-state index in [-0.39, 0.29) is 5.56 Å². The van der Waals surface area contributed by atoms with Gasteiger partial charge in [-0.15, -0.1) is 0 Å². The molecule has 0 radical (unpaired) electrons. The number of hydrogen-bond acceptors (Lipinski definition) is 3. The van der Waals surface area contributed by atoms with Crippen molar-refractivity contribution in [3.05, 3.63) is 32.7 Å². The predicted octanol–water partition coefficient (Wildman–Crippen LogP) is 1.55. The van der Waals surface area contributed by atoms with Crippen molar-refractivity contribution in [3.8, 4) is 0 Å². The average molecular weight is 288 g/mol. The number of aromatic amines is 1. The topological polar surface area (TPSA) is 72.7 Å². The zero-order valence-corrected chi connectivity index (χ0v) is 12.4. The van der Waals surface area contributed by atoms with Gasteiger partial charge in [-0.3, -0.25) is 14.3 Å². The van der Waals surface area contributed by atoms with Crippen molar-refractivity contribution in [2.75, 3.05) is 0 Å². The molecule has 6 heteroatoms. The first-order valence-corrected chi connectivity index (χ1v) is 7.42. The van der Waals surface area contributed by atoms with Gasteiger partial charge in [0, 0.05) is 14.1 Å². The van der Waals surface area contributed by atoms with Gasteiger partial charge in [-0.1, -0.05) is 25.3 Å². The van der Waals surface area contributed by atoms with Crippen LogP contribution in [0.4, 0.5) is 0 Å². The largest absolute Gasteiger partial charge is 0.329 e. The summed E-state index contributed by atoms with van der Waals surface area (Å²) < 4.78 is 3.11. The minimum absolute atomic E-state index is 0.389. The summed E-state index contributed by atoms with van der Waals surface area (Å²) in [5, 5.41) is 0. The van der Waals surface area contributed by atoms with E-state index in [1.54, 1.807) is 18.7 Å². The molecule has 21 heavy (non-hydrogen) atoms. The van der Waals surface area contributed by atoms with E-state index >= 15 is 0 Å². The molecule has 0 bridgehead atoms. The molecule has 0 amide bonds. The fourth-order valence-corrected chi connectivity index (χ4v) is 3.02. The monoisotopic (exact) mass is 288 g/mol. The summed E-state index contributed by atoms with van der Waals surface area (Å²) in [5.74, 6) is 1.31. The molecular weight excluding hydrogens is 268 g/mol. The standard InChI is InChI=1S/C15H20N4O2/c1-18-11(9-8-10-6-4-3-5-7-10)16-13-12(18)14(20)17-15(21)19(13)2/h8-10H,3-7H2,1-2H3,(H,17,20,21)/b9-8+. The molecule has 2 heterocycles. The van der Waals surface area contributed by atoms with Gasteiger partial charge in [0.2, 0.25) is 0 Å². The number of nitrogens with one attached hydrogen (secondary N) is 1. The summed E-state index contributed by atoms with van der Waals surface area (Å²) in [6.07, 6.45) is 10.5. The molecule has 0 atom stereocenters. The second-order valence-electron chi connectivity index (χ2n) is 5.78. The highest BCUT2D eigenvalue weighted by Gasteiger charge is 2.14. The van der Waals surface area contributed by atoms with Gasteiger partial charge in [0.15, 0.2) is 11.2 Å². The lowest BCUT2D eigenvalue weighted by molar-refractivity contribution is 0.420. The van der Waals surface area contributed by atoms with Crippen molar-refractivity contribution < 1.29 is 0 Å². The Hall–Kier alpha value is -2.11. The molecule has 2 aromatic heterocycles. The van der Waals surface area contributed by atoms with Crippen molar-refractivity contribution in [3.63, 3.8) is 0 Å². The van der Waals surface area contributed by atoms with Crippen LogP contribution in [0.5, 0.6) is 0 Å². The Labute approximate surface area is 122 Å². The lowest BCUT2D eigenvalue weighted by Crippen LogP contribution is -2.29. The molecule has 1 aliphatic carbocycles. The zero-order valence-electron chi connectivity index (χ0n) is 12.4. The maximum Gasteiger partial charge on any atom is 0.329 e. The first kappa shape index (κ1) is 13.9. The van der Waals surface area contributed by atoms with Gasteiger partial charge in [0.05, 0.1) is 0 Å². The predicted molar refractivity (Wildman–Crippen MR) is 82.2 cm³/mol. The van der Waals surface area contributed by atoms with E-state index in [4.69, 9.17) is 0 Å². The van der Waals surface area contributed by atoms with Crippen LogP contribution in [0.3, 0.4) is 0 Å². The molecule has 0 unspecified atom stereocenters. The number of allylic oxidation sites excluding steroid dienone is 1. The summed E-state index contributed by atoms with van der Waals surface area (Å²) in [6, 6.07) is 0. The number of hydrogen-bond donors (Lipinski definition) is 1. The van der Waals surface area contributed by atoms with Crippen molar-refractivity contribution in [1.29, 1.82) is 0 Å². The molecule has 0 aromatic carbocycles. The SMILES string of the molecule is Cn1c(/C=C/C2CCCCC2)nc2c1c(=O)[nH]c(=O)n2C. The second kappa shape index (κ2) is 5.35. The summed E-state index contributed by atoms with van der Waals surface area (Å²) in [4.78, 5) is 30.3. The fourth-order valence-electron chi connectivity index (χ4n) is 3.02. The van der Waals surface area contributed by atoms with Crippen LogP contribution in [0.15, 0.2) is 15.7 Å². The normalized spacial score (nSPS) is 17.0. The highest BCUT2D eigenvalue weighted by molar-refractivity contribution is 5.73. The molecule has 0 aliphatic heterocycles. The number of aryl methyl sites for hydroxylation is 2. The highest BCUT2D eigenvalue weighted by atomic mass is 16.2. The van der Waals surface area contributed by atoms with E-state index in [1.807, 2.05) is 6.08 Å². The Morgan fingerprint density at radius 1 is 1.14 bits per heavy atom. The third kappa shape index (κ3) is 2.46. The summed E-state index contributed by atoms with van der Waals surface area (Å²) in [5.41, 5.74) is 0.0313. The van der Waals surface area contributed by atoms with Crippen LogP contribution in [0, 0.1) is 5.92 Å². The van der Waals surface area contributed by atoms with Crippen LogP contribution in [0.2, 0.25) is 0 Å². The van der Waals surface area contributed by atoms with E-state index in [1.165, 1.54) is 36.7 Å². The van der Waals surface area contributed by atoms with Gasteiger partial charge in [0.25, 0.3) is 5.56 Å². The van der Waals surface area contributed by atoms with Gasteiger partial charge in [-0.2, -0.15) is 0 Å². The molecule has 0 spiro atoms. The van der Waals surface area contributed by atoms with Gasteiger partial charge >= 0.3 is 5.69 Å². The lowest BCUT2D eigenvalue weighted by Gasteiger charge is -2.17. The van der Waals surface area contributed by atoms with Crippen LogP contribution in [-0.2, 0) is 14.1 Å². The Bertz CT molecular complexity index is 803. The summed E-state index contributed by atoms with van der Waals surface area (Å²) >= 11 is 0. The number of nitrogens with zero attached hydrogens (tertiary/aromatic N) is 3. The summed E-state index contributed by atoms with van der Waals surface area (Å²) in [7, 11) is 3.41. The van der Waals surface area contributed by atoms with E-state index in [2.05, 4.69) is 16.0 Å². The second-order valence-corrected chi connectivity index (χ2v) is 5.78. The molecular formula is C15H20N4O2. The van der Waals surface area contributed by atoms with Gasteiger partial charge in [0.1, 0.15) is 5.82 Å². The van der Waals surface area contributed by atoms with Crippen molar-refractivity contribution in [2.45, 2.75) is 32.1 Å². The first-order chi connectivity index (χ1) is 10.1. The Morgan fingerprint density at radius 3 is 2.57 bits per heavy atom. The van der Waals surface area contributed by atoms with Gasteiger partial charge in [-0.25, -0.2) is 9.78 Å². The fraction of sp³-hybridized carbons (Fsp3) is 0.533. The molecule has 3 rings (SSSR count). The first-order valence-electron chi connectivity index (χ1n) is 7.42. The minimum Gasteiger partial charge on any atom is -0.322 e. The van der Waals surface area contributed by atoms with Crippen molar-refractivity contribution in [2.24, 2.45) is 20.0 Å². The van der Waals surface area contributed by atoms with Gasteiger partial charge < -0.3 is 4.57 Å². The van der Waals surface area contributed by atoms with Crippen molar-refractivity contribution >= 4 is 17.2 Å². The van der Waals surface area contributed by atoms with Gasteiger partial charge in [-0.05, 0) is 24.8 Å². The Kier molecular flexibility index (Phi) is 3.53. The molecule has 112 valence electrons. The number of imidazole rings is 1. The maximum absolute atomic E-state index is 11.9. The quantitative estimate of drug-likeness (QED) is 0.911. The maximum atomic E-state index is 11.9. The molecule has 1 N–H and O–H groups in total. The van der Waals surface area contributed by atoms with E-state index in [0.717, 1.165) is 0 Å². The Balaban J connectivity index is 2.04.